The van der Waals surface area contributed by atoms with Crippen LogP contribution in [-0.4, -0.2) is 23.7 Å². The number of benzene rings is 2. The molecule has 0 atom stereocenters. The lowest BCUT2D eigenvalue weighted by molar-refractivity contribution is -0.0498. The van der Waals surface area contributed by atoms with Gasteiger partial charge in [-0.15, -0.1) is 0 Å². The van der Waals surface area contributed by atoms with Crippen molar-refractivity contribution >= 4 is 28.0 Å². The van der Waals surface area contributed by atoms with Crippen molar-refractivity contribution in [2.45, 2.75) is 13.5 Å². The highest BCUT2D eigenvalue weighted by atomic mass is 19.3. The SMILES string of the molecule is C=C/C(=C\C=C/C)c1nc(Nc2cccc(OC(F)F)c2)c2ccc(OC)cc2n1. The standard InChI is InChI=1S/C23H21F2N3O2/c1-4-6-8-15(5-2)21-27-20-14-17(29-3)11-12-19(20)22(28-21)26-16-9-7-10-18(13-16)30-23(24)25/h4-14,23H,2H2,1,3H3,(H,26,27,28)/b6-4-,15-8+. The molecular weight excluding hydrogens is 388 g/mol. The van der Waals surface area contributed by atoms with Crippen LogP contribution in [0.25, 0.3) is 16.5 Å². The van der Waals surface area contributed by atoms with Crippen molar-refractivity contribution in [3.63, 3.8) is 0 Å². The molecule has 3 aromatic rings. The van der Waals surface area contributed by atoms with Crippen LogP contribution in [0.2, 0.25) is 0 Å². The fourth-order valence-electron chi connectivity index (χ4n) is 2.78. The van der Waals surface area contributed by atoms with Crippen LogP contribution in [0.3, 0.4) is 0 Å². The van der Waals surface area contributed by atoms with Crippen LogP contribution in [0.4, 0.5) is 20.3 Å². The summed E-state index contributed by atoms with van der Waals surface area (Å²) in [5, 5.41) is 3.92. The number of halogens is 2. The zero-order valence-corrected chi connectivity index (χ0v) is 16.6. The van der Waals surface area contributed by atoms with E-state index in [-0.39, 0.29) is 5.75 Å². The van der Waals surface area contributed by atoms with Gasteiger partial charge < -0.3 is 14.8 Å². The van der Waals surface area contributed by atoms with Crippen molar-refractivity contribution in [3.8, 4) is 11.5 Å². The van der Waals surface area contributed by atoms with E-state index in [2.05, 4.69) is 26.6 Å². The molecule has 3 rings (SSSR count). The Morgan fingerprint density at radius 1 is 1.13 bits per heavy atom. The lowest BCUT2D eigenvalue weighted by Crippen LogP contribution is -2.03. The van der Waals surface area contributed by atoms with Crippen LogP contribution in [0.1, 0.15) is 12.7 Å². The van der Waals surface area contributed by atoms with Crippen molar-refractivity contribution in [1.82, 2.24) is 9.97 Å². The minimum absolute atomic E-state index is 0.0509. The van der Waals surface area contributed by atoms with Gasteiger partial charge in [0.2, 0.25) is 0 Å². The van der Waals surface area contributed by atoms with Crippen molar-refractivity contribution < 1.29 is 18.3 Å². The van der Waals surface area contributed by atoms with E-state index in [1.807, 2.05) is 31.2 Å². The minimum atomic E-state index is -2.90. The Balaban J connectivity index is 2.11. The molecule has 1 N–H and O–H groups in total. The van der Waals surface area contributed by atoms with Gasteiger partial charge >= 0.3 is 6.61 Å². The first kappa shape index (κ1) is 21.0. The Morgan fingerprint density at radius 2 is 1.97 bits per heavy atom. The molecule has 2 aromatic carbocycles. The average Bonchev–Trinajstić information content (AvgIpc) is 2.73. The normalized spacial score (nSPS) is 11.8. The fraction of sp³-hybridized carbons (Fsp3) is 0.130. The number of alkyl halides is 2. The molecule has 0 aliphatic rings. The topological polar surface area (TPSA) is 56.3 Å². The van der Waals surface area contributed by atoms with Crippen molar-refractivity contribution in [2.24, 2.45) is 0 Å². The van der Waals surface area contributed by atoms with Crippen molar-refractivity contribution in [1.29, 1.82) is 0 Å². The molecule has 0 spiro atoms. The van der Waals surface area contributed by atoms with E-state index < -0.39 is 6.61 Å². The number of hydrogen-bond acceptors (Lipinski definition) is 5. The van der Waals surface area contributed by atoms with Gasteiger partial charge in [-0.2, -0.15) is 8.78 Å². The summed E-state index contributed by atoms with van der Waals surface area (Å²) < 4.78 is 34.9. The number of anilines is 2. The second kappa shape index (κ2) is 9.65. The first-order valence-corrected chi connectivity index (χ1v) is 9.17. The third kappa shape index (κ3) is 5.00. The van der Waals surface area contributed by atoms with Gasteiger partial charge in [0.1, 0.15) is 17.3 Å². The molecule has 0 aliphatic carbocycles. The van der Waals surface area contributed by atoms with Gasteiger partial charge in [-0.25, -0.2) is 9.97 Å². The number of rotatable bonds is 8. The number of aromatic nitrogens is 2. The molecule has 0 amide bonds. The second-order valence-electron chi connectivity index (χ2n) is 6.16. The van der Waals surface area contributed by atoms with Crippen LogP contribution in [0.5, 0.6) is 11.5 Å². The smallest absolute Gasteiger partial charge is 0.387 e. The highest BCUT2D eigenvalue weighted by Gasteiger charge is 2.12. The number of nitrogens with zero attached hydrogens (tertiary/aromatic N) is 2. The molecule has 154 valence electrons. The van der Waals surface area contributed by atoms with Crippen LogP contribution in [0, 0.1) is 0 Å². The number of fused-ring (bicyclic) bond motifs is 1. The Bertz CT molecular complexity index is 1110. The van der Waals surface area contributed by atoms with E-state index in [1.165, 1.54) is 12.1 Å². The van der Waals surface area contributed by atoms with Gasteiger partial charge in [-0.1, -0.05) is 36.9 Å². The molecule has 0 bridgehead atoms. The van der Waals surface area contributed by atoms with Gasteiger partial charge in [0.25, 0.3) is 0 Å². The third-order valence-electron chi connectivity index (χ3n) is 4.17. The van der Waals surface area contributed by atoms with E-state index in [9.17, 15) is 8.78 Å². The quantitative estimate of drug-likeness (QED) is 0.454. The summed E-state index contributed by atoms with van der Waals surface area (Å²) in [4.78, 5) is 9.28. The van der Waals surface area contributed by atoms with Gasteiger partial charge in [-0.3, -0.25) is 0 Å². The Morgan fingerprint density at radius 3 is 2.67 bits per heavy atom. The molecule has 7 heteroatoms. The highest BCUT2D eigenvalue weighted by Crippen LogP contribution is 2.30. The summed E-state index contributed by atoms with van der Waals surface area (Å²) in [6.07, 6.45) is 7.28. The second-order valence-corrected chi connectivity index (χ2v) is 6.16. The molecule has 5 nitrogen and oxygen atoms in total. The molecule has 0 aliphatic heterocycles. The summed E-state index contributed by atoms with van der Waals surface area (Å²) in [7, 11) is 1.58. The molecule has 0 fully saturated rings. The molecule has 1 heterocycles. The first-order valence-electron chi connectivity index (χ1n) is 9.17. The molecule has 0 saturated heterocycles. The summed E-state index contributed by atoms with van der Waals surface area (Å²) in [5.41, 5.74) is 1.94. The van der Waals surface area contributed by atoms with Crippen LogP contribution in [0.15, 0.2) is 73.3 Å². The average molecular weight is 409 g/mol. The maximum Gasteiger partial charge on any atom is 0.387 e. The van der Waals surface area contributed by atoms with Crippen molar-refractivity contribution in [2.75, 3.05) is 12.4 Å². The summed E-state index contributed by atoms with van der Waals surface area (Å²) in [6, 6.07) is 11.7. The zero-order valence-electron chi connectivity index (χ0n) is 16.6. The lowest BCUT2D eigenvalue weighted by Gasteiger charge is -2.13. The number of hydrogen-bond donors (Lipinski definition) is 1. The molecule has 0 saturated carbocycles. The van der Waals surface area contributed by atoms with Crippen molar-refractivity contribution in [3.05, 3.63) is 79.2 Å². The monoisotopic (exact) mass is 409 g/mol. The Hall–Kier alpha value is -3.74. The largest absolute Gasteiger partial charge is 0.497 e. The zero-order chi connectivity index (χ0) is 21.5. The van der Waals surface area contributed by atoms with Crippen LogP contribution < -0.4 is 14.8 Å². The lowest BCUT2D eigenvalue weighted by atomic mass is 10.1. The Kier molecular flexibility index (Phi) is 6.75. The molecule has 1 aromatic heterocycles. The third-order valence-corrected chi connectivity index (χ3v) is 4.17. The Labute approximate surface area is 173 Å². The fourth-order valence-corrected chi connectivity index (χ4v) is 2.78. The van der Waals surface area contributed by atoms with Gasteiger partial charge in [0, 0.05) is 28.8 Å². The maximum atomic E-state index is 12.5. The predicted molar refractivity (Wildman–Crippen MR) is 115 cm³/mol. The highest BCUT2D eigenvalue weighted by molar-refractivity contribution is 5.93. The summed E-state index contributed by atoms with van der Waals surface area (Å²) in [6.45, 7) is 2.85. The van der Waals surface area contributed by atoms with Gasteiger partial charge in [0.05, 0.1) is 12.6 Å². The van der Waals surface area contributed by atoms with E-state index in [1.54, 1.807) is 37.5 Å². The van der Waals surface area contributed by atoms with E-state index in [0.29, 0.717) is 28.6 Å². The number of methoxy groups -OCH3 is 1. The number of nitrogens with one attached hydrogen (secondary N) is 1. The van der Waals surface area contributed by atoms with Crippen LogP contribution >= 0.6 is 0 Å². The molecule has 30 heavy (non-hydrogen) atoms. The molecular formula is C23H21F2N3O2. The minimum Gasteiger partial charge on any atom is -0.497 e. The first-order chi connectivity index (χ1) is 14.5. The summed E-state index contributed by atoms with van der Waals surface area (Å²) in [5.74, 6) is 1.68. The molecule has 0 unspecified atom stereocenters. The van der Waals surface area contributed by atoms with E-state index in [4.69, 9.17) is 4.74 Å². The maximum absolute atomic E-state index is 12.5. The van der Waals surface area contributed by atoms with Gasteiger partial charge in [0.15, 0.2) is 5.82 Å². The van der Waals surface area contributed by atoms with Gasteiger partial charge in [-0.05, 0) is 31.2 Å². The number of allylic oxidation sites excluding steroid dienone is 5. The summed E-state index contributed by atoms with van der Waals surface area (Å²) >= 11 is 0. The van der Waals surface area contributed by atoms with E-state index in [0.717, 1.165) is 11.0 Å². The molecule has 0 radical (unpaired) electrons. The predicted octanol–water partition coefficient (Wildman–Crippen LogP) is 6.13. The van der Waals surface area contributed by atoms with Crippen LogP contribution in [-0.2, 0) is 0 Å². The number of ether oxygens (including phenoxy) is 2. The van der Waals surface area contributed by atoms with E-state index >= 15 is 0 Å².